The number of nitrogens with one attached hydrogen (secondary N) is 1. The van der Waals surface area contributed by atoms with E-state index in [0.717, 1.165) is 17.5 Å². The first-order valence-corrected chi connectivity index (χ1v) is 7.82. The fourth-order valence-electron chi connectivity index (χ4n) is 2.64. The highest BCUT2D eigenvalue weighted by molar-refractivity contribution is 5.94. The van der Waals surface area contributed by atoms with Crippen LogP contribution in [-0.2, 0) is 9.47 Å². The van der Waals surface area contributed by atoms with Crippen LogP contribution in [0, 0.1) is 0 Å². The number of amides is 1. The molecule has 0 saturated carbocycles. The summed E-state index contributed by atoms with van der Waals surface area (Å²) >= 11 is 0. The molecule has 0 unspecified atom stereocenters. The number of benzene rings is 1. The van der Waals surface area contributed by atoms with Gasteiger partial charge in [-0.3, -0.25) is 9.78 Å². The van der Waals surface area contributed by atoms with Gasteiger partial charge in [-0.05, 0) is 36.2 Å². The lowest BCUT2D eigenvalue weighted by Crippen LogP contribution is -2.28. The van der Waals surface area contributed by atoms with Crippen LogP contribution >= 0.6 is 0 Å². The zero-order valence-electron chi connectivity index (χ0n) is 13.1. The van der Waals surface area contributed by atoms with Gasteiger partial charge in [-0.25, -0.2) is 0 Å². The van der Waals surface area contributed by atoms with Crippen molar-refractivity contribution in [3.05, 3.63) is 65.5 Å². The summed E-state index contributed by atoms with van der Waals surface area (Å²) in [6.45, 7) is 3.21. The maximum absolute atomic E-state index is 12.5. The number of nitrogens with zero attached hydrogens (tertiary/aromatic N) is 1. The topological polar surface area (TPSA) is 60.5 Å². The molecule has 1 N–H and O–H groups in total. The number of hydrogen-bond acceptors (Lipinski definition) is 4. The maximum atomic E-state index is 12.5. The predicted molar refractivity (Wildman–Crippen MR) is 85.8 cm³/mol. The maximum Gasteiger partial charge on any atom is 0.251 e. The van der Waals surface area contributed by atoms with E-state index < -0.39 is 0 Å². The highest BCUT2D eigenvalue weighted by Gasteiger charge is 2.20. The molecule has 1 aliphatic rings. The first kappa shape index (κ1) is 15.6. The lowest BCUT2D eigenvalue weighted by Gasteiger charge is -2.18. The molecule has 5 heteroatoms. The third-order valence-electron chi connectivity index (χ3n) is 3.86. The van der Waals surface area contributed by atoms with E-state index in [-0.39, 0.29) is 18.2 Å². The molecule has 23 heavy (non-hydrogen) atoms. The fraction of sp³-hybridized carbons (Fsp3) is 0.333. The first-order valence-electron chi connectivity index (χ1n) is 7.82. The van der Waals surface area contributed by atoms with E-state index in [1.54, 1.807) is 18.5 Å². The van der Waals surface area contributed by atoms with Crippen molar-refractivity contribution in [3.8, 4) is 0 Å². The number of carbonyl (C=O) groups is 1. The Morgan fingerprint density at radius 2 is 2.00 bits per heavy atom. The Hall–Kier alpha value is -2.24. The molecule has 1 aliphatic heterocycles. The number of pyridine rings is 1. The molecule has 5 nitrogen and oxygen atoms in total. The molecule has 1 saturated heterocycles. The van der Waals surface area contributed by atoms with E-state index in [2.05, 4.69) is 10.3 Å². The summed E-state index contributed by atoms with van der Waals surface area (Å²) in [5, 5.41) is 3.07. The van der Waals surface area contributed by atoms with Crippen LogP contribution in [0.1, 0.15) is 47.2 Å². The van der Waals surface area contributed by atoms with Crippen molar-refractivity contribution in [3.63, 3.8) is 0 Å². The minimum atomic E-state index is -0.370. The van der Waals surface area contributed by atoms with E-state index >= 15 is 0 Å². The molecule has 1 aromatic heterocycles. The quantitative estimate of drug-likeness (QED) is 0.922. The molecule has 1 aromatic carbocycles. The molecule has 120 valence electrons. The van der Waals surface area contributed by atoms with Gasteiger partial charge in [0, 0.05) is 23.5 Å². The summed E-state index contributed by atoms with van der Waals surface area (Å²) in [5.74, 6) is -0.103. The highest BCUT2D eigenvalue weighted by atomic mass is 16.7. The van der Waals surface area contributed by atoms with E-state index in [0.29, 0.717) is 18.8 Å². The molecular formula is C18H20N2O3. The normalized spacial score (nSPS) is 16.2. The third kappa shape index (κ3) is 3.75. The summed E-state index contributed by atoms with van der Waals surface area (Å²) in [5.41, 5.74) is 2.52. The number of carbonyl (C=O) groups excluding carboxylic acids is 1. The average Bonchev–Trinajstić information content (AvgIpc) is 3.15. The Bertz CT molecular complexity index is 654. The molecule has 3 rings (SSSR count). The average molecular weight is 312 g/mol. The van der Waals surface area contributed by atoms with Gasteiger partial charge in [0.25, 0.3) is 5.91 Å². The fourth-order valence-corrected chi connectivity index (χ4v) is 2.64. The van der Waals surface area contributed by atoms with Crippen molar-refractivity contribution >= 4 is 5.91 Å². The number of hydrogen-bond donors (Lipinski definition) is 1. The Morgan fingerprint density at radius 1 is 1.26 bits per heavy atom. The SMILES string of the molecule is CC[C@H](NC(=O)c1cccc(C2OCCO2)c1)c1ccncc1. The van der Waals surface area contributed by atoms with Gasteiger partial charge in [0.15, 0.2) is 6.29 Å². The summed E-state index contributed by atoms with van der Waals surface area (Å²) in [4.78, 5) is 16.6. The number of aromatic nitrogens is 1. The van der Waals surface area contributed by atoms with E-state index in [1.807, 2.05) is 37.3 Å². The Labute approximate surface area is 135 Å². The van der Waals surface area contributed by atoms with Crippen molar-refractivity contribution in [2.24, 2.45) is 0 Å². The molecule has 0 aliphatic carbocycles. The second kappa shape index (κ2) is 7.35. The first-order chi connectivity index (χ1) is 11.3. The Balaban J connectivity index is 1.73. The van der Waals surface area contributed by atoms with Crippen LogP contribution < -0.4 is 5.32 Å². The summed E-state index contributed by atoms with van der Waals surface area (Å²) in [7, 11) is 0. The zero-order valence-corrected chi connectivity index (χ0v) is 13.1. The minimum absolute atomic E-state index is 0.0341. The monoisotopic (exact) mass is 312 g/mol. The van der Waals surface area contributed by atoms with Crippen LogP contribution in [0.2, 0.25) is 0 Å². The van der Waals surface area contributed by atoms with Gasteiger partial charge in [0.2, 0.25) is 0 Å². The second-order valence-electron chi connectivity index (χ2n) is 5.41. The molecule has 0 radical (unpaired) electrons. The summed E-state index contributed by atoms with van der Waals surface area (Å²) < 4.78 is 11.0. The van der Waals surface area contributed by atoms with Gasteiger partial charge < -0.3 is 14.8 Å². The van der Waals surface area contributed by atoms with Gasteiger partial charge in [-0.1, -0.05) is 19.1 Å². The molecule has 2 aromatic rings. The van der Waals surface area contributed by atoms with Gasteiger partial charge in [0.1, 0.15) is 0 Å². The zero-order chi connectivity index (χ0) is 16.1. The number of ether oxygens (including phenoxy) is 2. The smallest absolute Gasteiger partial charge is 0.251 e. The van der Waals surface area contributed by atoms with E-state index in [4.69, 9.17) is 9.47 Å². The van der Waals surface area contributed by atoms with Crippen LogP contribution in [0.4, 0.5) is 0 Å². The molecule has 0 bridgehead atoms. The summed E-state index contributed by atoms with van der Waals surface area (Å²) in [6.07, 6.45) is 3.91. The van der Waals surface area contributed by atoms with Crippen molar-refractivity contribution in [1.29, 1.82) is 0 Å². The standard InChI is InChI=1S/C18H20N2O3/c1-2-16(13-6-8-19-9-7-13)20-17(21)14-4-3-5-15(12-14)18-22-10-11-23-18/h3-9,12,16,18H,2,10-11H2,1H3,(H,20,21)/t16-/m0/s1. The summed E-state index contributed by atoms with van der Waals surface area (Å²) in [6, 6.07) is 11.2. The van der Waals surface area contributed by atoms with E-state index in [1.165, 1.54) is 0 Å². The largest absolute Gasteiger partial charge is 0.346 e. The van der Waals surface area contributed by atoms with Crippen molar-refractivity contribution < 1.29 is 14.3 Å². The van der Waals surface area contributed by atoms with Crippen molar-refractivity contribution in [2.75, 3.05) is 13.2 Å². The lowest BCUT2D eigenvalue weighted by molar-refractivity contribution is -0.0441. The van der Waals surface area contributed by atoms with Crippen LogP contribution in [-0.4, -0.2) is 24.1 Å². The molecular weight excluding hydrogens is 292 g/mol. The predicted octanol–water partition coefficient (Wildman–Crippen LogP) is 3.01. The second-order valence-corrected chi connectivity index (χ2v) is 5.41. The number of rotatable bonds is 5. The Morgan fingerprint density at radius 3 is 2.70 bits per heavy atom. The van der Waals surface area contributed by atoms with Crippen molar-refractivity contribution in [1.82, 2.24) is 10.3 Å². The minimum Gasteiger partial charge on any atom is -0.346 e. The van der Waals surface area contributed by atoms with Gasteiger partial charge in [-0.2, -0.15) is 0 Å². The van der Waals surface area contributed by atoms with Crippen LogP contribution in [0.3, 0.4) is 0 Å². The van der Waals surface area contributed by atoms with Gasteiger partial charge in [0.05, 0.1) is 19.3 Å². The van der Waals surface area contributed by atoms with Crippen LogP contribution in [0.25, 0.3) is 0 Å². The molecule has 2 heterocycles. The molecule has 1 amide bonds. The van der Waals surface area contributed by atoms with E-state index in [9.17, 15) is 4.79 Å². The molecule has 1 atom stereocenters. The van der Waals surface area contributed by atoms with Gasteiger partial charge >= 0.3 is 0 Å². The van der Waals surface area contributed by atoms with Crippen molar-refractivity contribution in [2.45, 2.75) is 25.7 Å². The van der Waals surface area contributed by atoms with Gasteiger partial charge in [-0.15, -0.1) is 0 Å². The highest BCUT2D eigenvalue weighted by Crippen LogP contribution is 2.24. The molecule has 0 spiro atoms. The Kier molecular flexibility index (Phi) is 5.00. The van der Waals surface area contributed by atoms with Crippen LogP contribution in [0.5, 0.6) is 0 Å². The molecule has 1 fully saturated rings. The third-order valence-corrected chi connectivity index (χ3v) is 3.86. The van der Waals surface area contributed by atoms with Crippen LogP contribution in [0.15, 0.2) is 48.8 Å². The lowest BCUT2D eigenvalue weighted by atomic mass is 10.0.